The average molecular weight is 821 g/mol. The predicted octanol–water partition coefficient (Wildman–Crippen LogP) is 5.74. The van der Waals surface area contributed by atoms with E-state index in [1.54, 1.807) is 11.1 Å². The lowest BCUT2D eigenvalue weighted by molar-refractivity contribution is -0.141. The number of hydrogen-bond donors (Lipinski definition) is 5. The molecule has 60 heavy (non-hydrogen) atoms. The molecule has 4 amide bonds. The van der Waals surface area contributed by atoms with E-state index in [4.69, 9.17) is 9.72 Å². The van der Waals surface area contributed by atoms with Crippen LogP contribution in [0.2, 0.25) is 0 Å². The Hall–Kier alpha value is -5.99. The molecule has 0 spiro atoms. The molecule has 7 atom stereocenters. The van der Waals surface area contributed by atoms with Crippen LogP contribution >= 0.6 is 0 Å². The van der Waals surface area contributed by atoms with Gasteiger partial charge in [-0.3, -0.25) is 19.2 Å². The molecule has 3 aliphatic rings. The van der Waals surface area contributed by atoms with Crippen molar-refractivity contribution < 1.29 is 33.4 Å². The fraction of sp³-hybridized carbons (Fsp3) is 0.489. The number of fused-ring (bicyclic) bond motifs is 2. The molecule has 3 heterocycles. The highest BCUT2D eigenvalue weighted by Crippen LogP contribution is 2.56. The van der Waals surface area contributed by atoms with E-state index in [9.17, 15) is 24.0 Å². The Morgan fingerprint density at radius 3 is 1.88 bits per heavy atom. The summed E-state index contributed by atoms with van der Waals surface area (Å²) in [6.07, 6.45) is 7.58. The summed E-state index contributed by atoms with van der Waals surface area (Å²) in [4.78, 5) is 82.3. The second-order valence-electron chi connectivity index (χ2n) is 17.0. The smallest absolute Gasteiger partial charge is 0.407 e. The molecule has 7 rings (SSSR count). The van der Waals surface area contributed by atoms with Gasteiger partial charge in [-0.25, -0.2) is 14.8 Å². The normalized spacial score (nSPS) is 21.8. The standard InChI is InChI=1S/C45H56N8O7/c1-24(2)38(43(56)48-23-35(54)59-5)51-42(55)37-31-18-17-30(20-31)36(37)41-47-22-33(50-41)29-15-11-27(12-16-29)26-9-13-28(14-10-26)32-21-46-40(49-32)34-8-7-19-53(34)44(57)39(25(3)4)52-45(58)60-6/h9-16,21-22,24-25,30-31,34,36-39H,7-8,17-20,23H2,1-6H3,(H,46,49)(H,47,50)(H,48,56)(H,51,55)(H,52,58)/t30-,31+,34-,36+,37+,38?,39?/m0/s1. The molecular formula is C45H56N8O7. The number of benzene rings is 2. The Kier molecular flexibility index (Phi) is 12.7. The third-order valence-electron chi connectivity index (χ3n) is 12.6. The summed E-state index contributed by atoms with van der Waals surface area (Å²) in [7, 11) is 2.55. The molecule has 1 saturated heterocycles. The van der Waals surface area contributed by atoms with Crippen molar-refractivity contribution >= 4 is 29.8 Å². The number of ether oxygens (including phenoxy) is 2. The van der Waals surface area contributed by atoms with Gasteiger partial charge in [-0.15, -0.1) is 0 Å². The van der Waals surface area contributed by atoms with Gasteiger partial charge in [0.15, 0.2) is 0 Å². The Morgan fingerprint density at radius 2 is 1.30 bits per heavy atom. The van der Waals surface area contributed by atoms with Gasteiger partial charge in [-0.1, -0.05) is 76.2 Å². The topological polar surface area (TPSA) is 200 Å². The van der Waals surface area contributed by atoms with E-state index in [0.29, 0.717) is 12.5 Å². The fourth-order valence-electron chi connectivity index (χ4n) is 9.37. The van der Waals surface area contributed by atoms with Gasteiger partial charge >= 0.3 is 12.1 Å². The Morgan fingerprint density at radius 1 is 0.733 bits per heavy atom. The predicted molar refractivity (Wildman–Crippen MR) is 224 cm³/mol. The van der Waals surface area contributed by atoms with Crippen LogP contribution in [0.15, 0.2) is 60.9 Å². The summed E-state index contributed by atoms with van der Waals surface area (Å²) in [6.45, 7) is 7.86. The highest BCUT2D eigenvalue weighted by molar-refractivity contribution is 5.91. The molecule has 0 radical (unpaired) electrons. The van der Waals surface area contributed by atoms with Crippen LogP contribution in [-0.2, 0) is 28.7 Å². The summed E-state index contributed by atoms with van der Waals surface area (Å²) < 4.78 is 9.40. The maximum atomic E-state index is 13.9. The van der Waals surface area contributed by atoms with E-state index in [2.05, 4.69) is 72.0 Å². The molecule has 2 aromatic heterocycles. The van der Waals surface area contributed by atoms with E-state index in [0.717, 1.165) is 77.4 Å². The van der Waals surface area contributed by atoms with Crippen molar-refractivity contribution in [1.29, 1.82) is 0 Å². The van der Waals surface area contributed by atoms with Gasteiger partial charge < -0.3 is 40.3 Å². The van der Waals surface area contributed by atoms with E-state index in [-0.39, 0.29) is 54.0 Å². The van der Waals surface area contributed by atoms with Crippen LogP contribution < -0.4 is 16.0 Å². The number of hydrogen-bond acceptors (Lipinski definition) is 9. The second kappa shape index (κ2) is 18.1. The molecule has 3 fully saturated rings. The van der Waals surface area contributed by atoms with Crippen LogP contribution in [0.25, 0.3) is 33.6 Å². The first kappa shape index (κ1) is 42.1. The quantitative estimate of drug-likeness (QED) is 0.0985. The van der Waals surface area contributed by atoms with Crippen molar-refractivity contribution in [3.8, 4) is 33.6 Å². The van der Waals surface area contributed by atoms with E-state index < -0.39 is 30.1 Å². The van der Waals surface area contributed by atoms with Crippen molar-refractivity contribution in [2.45, 2.75) is 83.8 Å². The number of alkyl carbamates (subject to hydrolysis) is 1. The maximum Gasteiger partial charge on any atom is 0.407 e. The minimum atomic E-state index is -0.781. The number of nitrogens with one attached hydrogen (secondary N) is 5. The highest BCUT2D eigenvalue weighted by Gasteiger charge is 2.53. The van der Waals surface area contributed by atoms with E-state index in [1.807, 2.05) is 46.0 Å². The summed E-state index contributed by atoms with van der Waals surface area (Å²) in [5.41, 5.74) is 5.77. The second-order valence-corrected chi connectivity index (χ2v) is 17.0. The fourth-order valence-corrected chi connectivity index (χ4v) is 9.37. The number of amides is 4. The highest BCUT2D eigenvalue weighted by atomic mass is 16.5. The molecule has 2 saturated carbocycles. The Bertz CT molecular complexity index is 2180. The zero-order valence-corrected chi connectivity index (χ0v) is 35.1. The van der Waals surface area contributed by atoms with Gasteiger partial charge in [-0.05, 0) is 78.0 Å². The van der Waals surface area contributed by atoms with Crippen molar-refractivity contribution in [1.82, 2.24) is 40.8 Å². The summed E-state index contributed by atoms with van der Waals surface area (Å²) in [5, 5.41) is 8.29. The largest absolute Gasteiger partial charge is 0.468 e. The molecule has 2 aromatic carbocycles. The number of esters is 1. The molecule has 2 bridgehead atoms. The summed E-state index contributed by atoms with van der Waals surface area (Å²) in [6, 6.07) is 14.8. The maximum absolute atomic E-state index is 13.9. The Balaban J connectivity index is 0.998. The molecule has 1 aliphatic heterocycles. The third-order valence-corrected chi connectivity index (χ3v) is 12.6. The van der Waals surface area contributed by atoms with Crippen molar-refractivity contribution in [2.75, 3.05) is 27.3 Å². The van der Waals surface area contributed by atoms with Crippen LogP contribution in [0.4, 0.5) is 4.79 Å². The van der Waals surface area contributed by atoms with Gasteiger partial charge in [0, 0.05) is 12.5 Å². The SMILES string of the molecule is COC(=O)CNC(=O)C(NC(=O)[C@@H]1[C@@H]2CC[C@@H](C2)[C@H]1c1ncc(-c2ccc(-c3ccc(-c4cnc([C@@H]5CCCN5C(=O)C(NC(=O)OC)C(C)C)[nH]4)cc3)cc2)[nH]1)C(C)C. The average Bonchev–Trinajstić information content (AvgIpc) is 4.12. The first-order valence-electron chi connectivity index (χ1n) is 21.0. The minimum absolute atomic E-state index is 0.0839. The van der Waals surface area contributed by atoms with Crippen LogP contribution in [0, 0.1) is 29.6 Å². The van der Waals surface area contributed by atoms with Crippen molar-refractivity contribution in [3.63, 3.8) is 0 Å². The number of carbonyl (C=O) groups excluding carboxylic acids is 5. The van der Waals surface area contributed by atoms with E-state index >= 15 is 0 Å². The van der Waals surface area contributed by atoms with Crippen LogP contribution in [-0.4, -0.2) is 94.0 Å². The molecule has 5 N–H and O–H groups in total. The lowest BCUT2D eigenvalue weighted by Gasteiger charge is -2.31. The third kappa shape index (κ3) is 8.80. The van der Waals surface area contributed by atoms with Gasteiger partial charge in [0.25, 0.3) is 0 Å². The lowest BCUT2D eigenvalue weighted by Crippen LogP contribution is -2.53. The zero-order chi connectivity index (χ0) is 42.7. The molecule has 4 aromatic rings. The first-order valence-corrected chi connectivity index (χ1v) is 21.0. The monoisotopic (exact) mass is 820 g/mol. The molecule has 2 unspecified atom stereocenters. The number of likely N-dealkylation sites (tertiary alicyclic amines) is 1. The lowest BCUT2D eigenvalue weighted by atomic mass is 9.78. The number of aromatic amines is 2. The molecule has 2 aliphatic carbocycles. The Labute approximate surface area is 350 Å². The van der Waals surface area contributed by atoms with Crippen LogP contribution in [0.1, 0.15) is 83.4 Å². The van der Waals surface area contributed by atoms with Gasteiger partial charge in [0.2, 0.25) is 17.7 Å². The number of methoxy groups -OCH3 is 2. The van der Waals surface area contributed by atoms with Crippen molar-refractivity contribution in [3.05, 3.63) is 72.6 Å². The van der Waals surface area contributed by atoms with Gasteiger partial charge in [0.05, 0.1) is 50.0 Å². The summed E-state index contributed by atoms with van der Waals surface area (Å²) in [5.74, 6) is 0.106. The number of rotatable bonds is 14. The number of aromatic nitrogens is 4. The first-order chi connectivity index (χ1) is 28.9. The number of H-pyrrole nitrogens is 2. The molecular weight excluding hydrogens is 765 g/mol. The molecule has 15 heteroatoms. The summed E-state index contributed by atoms with van der Waals surface area (Å²) >= 11 is 0. The molecule has 15 nitrogen and oxygen atoms in total. The molecule has 318 valence electrons. The minimum Gasteiger partial charge on any atom is -0.468 e. The van der Waals surface area contributed by atoms with Crippen molar-refractivity contribution in [2.24, 2.45) is 29.6 Å². The van der Waals surface area contributed by atoms with Crippen LogP contribution in [0.3, 0.4) is 0 Å². The van der Waals surface area contributed by atoms with Gasteiger partial charge in [0.1, 0.15) is 30.3 Å². The zero-order valence-electron chi connectivity index (χ0n) is 35.1. The number of nitrogens with zero attached hydrogens (tertiary/aromatic N) is 3. The van der Waals surface area contributed by atoms with E-state index in [1.165, 1.54) is 14.2 Å². The number of carbonyl (C=O) groups is 5. The van der Waals surface area contributed by atoms with Crippen LogP contribution in [0.5, 0.6) is 0 Å². The number of imidazole rings is 2. The van der Waals surface area contributed by atoms with Gasteiger partial charge in [-0.2, -0.15) is 0 Å².